The molecular formula is C21H20N2O3S2. The fourth-order valence-electron chi connectivity index (χ4n) is 3.36. The van der Waals surface area contributed by atoms with Crippen molar-refractivity contribution in [2.75, 3.05) is 12.4 Å². The Hall–Kier alpha value is -2.38. The Labute approximate surface area is 171 Å². The van der Waals surface area contributed by atoms with E-state index >= 15 is 0 Å². The molecule has 7 heteroatoms. The summed E-state index contributed by atoms with van der Waals surface area (Å²) in [6.07, 6.45) is 2.99. The maximum atomic E-state index is 12.2. The van der Waals surface area contributed by atoms with Crippen molar-refractivity contribution in [3.05, 3.63) is 59.7 Å². The molecule has 0 unspecified atom stereocenters. The SMILES string of the molecule is O=C(COC(=O)CSc1nc2ccccc2s1)N[C@H]1CCCc2ccccc21. The number of ether oxygens (including phenoxy) is 1. The van der Waals surface area contributed by atoms with Crippen LogP contribution in [-0.4, -0.2) is 29.2 Å². The quantitative estimate of drug-likeness (QED) is 0.487. The monoisotopic (exact) mass is 412 g/mol. The fourth-order valence-corrected chi connectivity index (χ4v) is 5.23. The van der Waals surface area contributed by atoms with E-state index in [-0.39, 0.29) is 24.3 Å². The first-order valence-electron chi connectivity index (χ1n) is 9.20. The maximum absolute atomic E-state index is 12.2. The molecule has 1 aliphatic rings. The van der Waals surface area contributed by atoms with E-state index in [1.54, 1.807) is 11.3 Å². The van der Waals surface area contributed by atoms with Crippen LogP contribution in [0, 0.1) is 0 Å². The topological polar surface area (TPSA) is 68.3 Å². The summed E-state index contributed by atoms with van der Waals surface area (Å²) in [5.74, 6) is -0.539. The number of aryl methyl sites for hydroxylation is 1. The van der Waals surface area contributed by atoms with Gasteiger partial charge in [0.15, 0.2) is 10.9 Å². The molecule has 0 saturated carbocycles. The molecule has 1 atom stereocenters. The van der Waals surface area contributed by atoms with Crippen molar-refractivity contribution in [3.8, 4) is 0 Å². The summed E-state index contributed by atoms with van der Waals surface area (Å²) in [5, 5.41) is 2.99. The molecule has 1 amide bonds. The molecule has 1 aromatic heterocycles. The first-order valence-corrected chi connectivity index (χ1v) is 11.0. The van der Waals surface area contributed by atoms with Crippen LogP contribution in [0.15, 0.2) is 52.9 Å². The largest absolute Gasteiger partial charge is 0.455 e. The van der Waals surface area contributed by atoms with E-state index in [1.165, 1.54) is 22.9 Å². The molecule has 1 N–H and O–H groups in total. The van der Waals surface area contributed by atoms with Crippen LogP contribution < -0.4 is 5.32 Å². The summed E-state index contributed by atoms with van der Waals surface area (Å²) < 4.78 is 7.04. The van der Waals surface area contributed by atoms with Gasteiger partial charge in [-0.1, -0.05) is 48.2 Å². The highest BCUT2D eigenvalue weighted by Crippen LogP contribution is 2.30. The van der Waals surface area contributed by atoms with Crippen molar-refractivity contribution < 1.29 is 14.3 Å². The van der Waals surface area contributed by atoms with Crippen molar-refractivity contribution in [2.24, 2.45) is 0 Å². The van der Waals surface area contributed by atoms with Crippen LogP contribution in [0.1, 0.15) is 30.0 Å². The minimum Gasteiger partial charge on any atom is -0.455 e. The van der Waals surface area contributed by atoms with E-state index < -0.39 is 5.97 Å². The number of thioether (sulfide) groups is 1. The van der Waals surface area contributed by atoms with Gasteiger partial charge >= 0.3 is 5.97 Å². The van der Waals surface area contributed by atoms with E-state index in [4.69, 9.17) is 4.74 Å². The third-order valence-corrected chi connectivity index (χ3v) is 6.81. The maximum Gasteiger partial charge on any atom is 0.316 e. The normalized spacial score (nSPS) is 15.8. The lowest BCUT2D eigenvalue weighted by Crippen LogP contribution is -2.34. The summed E-state index contributed by atoms with van der Waals surface area (Å²) in [7, 11) is 0. The van der Waals surface area contributed by atoms with Crippen LogP contribution in [0.5, 0.6) is 0 Å². The third-order valence-electron chi connectivity index (χ3n) is 4.66. The summed E-state index contributed by atoms with van der Waals surface area (Å²) in [6.45, 7) is -0.252. The van der Waals surface area contributed by atoms with E-state index in [9.17, 15) is 9.59 Å². The minimum absolute atomic E-state index is 0.00623. The summed E-state index contributed by atoms with van der Waals surface area (Å²) >= 11 is 2.88. The smallest absolute Gasteiger partial charge is 0.316 e. The molecule has 0 radical (unpaired) electrons. The van der Waals surface area contributed by atoms with Crippen LogP contribution in [0.3, 0.4) is 0 Å². The molecule has 0 bridgehead atoms. The lowest BCUT2D eigenvalue weighted by Gasteiger charge is -2.26. The van der Waals surface area contributed by atoms with Crippen LogP contribution in [-0.2, 0) is 20.7 Å². The molecule has 4 rings (SSSR count). The molecule has 0 spiro atoms. The lowest BCUT2D eigenvalue weighted by molar-refractivity contribution is -0.146. The molecule has 0 aliphatic heterocycles. The average Bonchev–Trinajstić information content (AvgIpc) is 3.14. The highest BCUT2D eigenvalue weighted by molar-refractivity contribution is 8.01. The number of nitrogens with zero attached hydrogens (tertiary/aromatic N) is 1. The number of para-hydroxylation sites is 1. The number of benzene rings is 2. The third kappa shape index (κ3) is 4.54. The first kappa shape index (κ1) is 19.0. The van der Waals surface area contributed by atoms with Crippen molar-refractivity contribution in [1.29, 1.82) is 0 Å². The van der Waals surface area contributed by atoms with Gasteiger partial charge in [0, 0.05) is 0 Å². The number of carbonyl (C=O) groups excluding carboxylic acids is 2. The Morgan fingerprint density at radius 2 is 2.00 bits per heavy atom. The molecule has 28 heavy (non-hydrogen) atoms. The van der Waals surface area contributed by atoms with E-state index in [0.717, 1.165) is 33.8 Å². The number of hydrogen-bond acceptors (Lipinski definition) is 6. The average molecular weight is 413 g/mol. The predicted molar refractivity (Wildman–Crippen MR) is 112 cm³/mol. The number of esters is 1. The zero-order chi connectivity index (χ0) is 19.3. The second kappa shape index (κ2) is 8.75. The van der Waals surface area contributed by atoms with Gasteiger partial charge in [0.1, 0.15) is 0 Å². The number of rotatable bonds is 6. The predicted octanol–water partition coefficient (Wildman–Crippen LogP) is 4.13. The Balaban J connectivity index is 1.24. The van der Waals surface area contributed by atoms with Gasteiger partial charge in [-0.25, -0.2) is 4.98 Å². The van der Waals surface area contributed by atoms with Crippen LogP contribution in [0.4, 0.5) is 0 Å². The number of thiazole rings is 1. The molecule has 3 aromatic rings. The molecule has 0 saturated heterocycles. The highest BCUT2D eigenvalue weighted by atomic mass is 32.2. The number of fused-ring (bicyclic) bond motifs is 2. The molecule has 1 heterocycles. The fraction of sp³-hybridized carbons (Fsp3) is 0.286. The van der Waals surface area contributed by atoms with Crippen molar-refractivity contribution >= 4 is 45.2 Å². The Morgan fingerprint density at radius 3 is 2.89 bits per heavy atom. The molecule has 2 aromatic carbocycles. The van der Waals surface area contributed by atoms with Crippen molar-refractivity contribution in [2.45, 2.75) is 29.6 Å². The molecule has 1 aliphatic carbocycles. The summed E-state index contributed by atoms with van der Waals surface area (Å²) in [5.41, 5.74) is 3.37. The molecule has 144 valence electrons. The summed E-state index contributed by atoms with van der Waals surface area (Å²) in [6, 6.07) is 16.0. The van der Waals surface area contributed by atoms with E-state index in [1.807, 2.05) is 36.4 Å². The number of nitrogens with one attached hydrogen (secondary N) is 1. The standard InChI is InChI=1S/C21H20N2O3S2/c24-19(22-16-10-5-7-14-6-1-2-8-15(14)16)12-26-20(25)13-27-21-23-17-9-3-4-11-18(17)28-21/h1-4,6,8-9,11,16H,5,7,10,12-13H2,(H,22,24)/t16-/m0/s1. The van der Waals surface area contributed by atoms with Gasteiger partial charge in [-0.15, -0.1) is 11.3 Å². The Kier molecular flexibility index (Phi) is 5.92. The molecule has 0 fully saturated rings. The number of amides is 1. The zero-order valence-electron chi connectivity index (χ0n) is 15.2. The van der Waals surface area contributed by atoms with Gasteiger partial charge in [0.25, 0.3) is 5.91 Å². The molecule has 5 nitrogen and oxygen atoms in total. The second-order valence-electron chi connectivity index (χ2n) is 6.61. The van der Waals surface area contributed by atoms with Gasteiger partial charge in [0.2, 0.25) is 0 Å². The van der Waals surface area contributed by atoms with Crippen LogP contribution in [0.2, 0.25) is 0 Å². The van der Waals surface area contributed by atoms with Crippen molar-refractivity contribution in [3.63, 3.8) is 0 Å². The van der Waals surface area contributed by atoms with Gasteiger partial charge < -0.3 is 10.1 Å². The summed E-state index contributed by atoms with van der Waals surface area (Å²) in [4.78, 5) is 28.7. The van der Waals surface area contributed by atoms with Crippen LogP contribution in [0.25, 0.3) is 10.2 Å². The van der Waals surface area contributed by atoms with E-state index in [2.05, 4.69) is 22.4 Å². The van der Waals surface area contributed by atoms with Gasteiger partial charge in [-0.3, -0.25) is 9.59 Å². The van der Waals surface area contributed by atoms with Crippen LogP contribution >= 0.6 is 23.1 Å². The van der Waals surface area contributed by atoms with Gasteiger partial charge in [0.05, 0.1) is 22.0 Å². The zero-order valence-corrected chi connectivity index (χ0v) is 16.9. The number of aromatic nitrogens is 1. The van der Waals surface area contributed by atoms with E-state index in [0.29, 0.717) is 0 Å². The second-order valence-corrected chi connectivity index (χ2v) is 8.86. The first-order chi connectivity index (χ1) is 13.7. The lowest BCUT2D eigenvalue weighted by atomic mass is 9.88. The minimum atomic E-state index is -0.413. The molecular weight excluding hydrogens is 392 g/mol. The Bertz CT molecular complexity index is 969. The number of hydrogen-bond donors (Lipinski definition) is 1. The van der Waals surface area contributed by atoms with Gasteiger partial charge in [-0.05, 0) is 42.5 Å². The highest BCUT2D eigenvalue weighted by Gasteiger charge is 2.21. The van der Waals surface area contributed by atoms with Gasteiger partial charge in [-0.2, -0.15) is 0 Å². The Morgan fingerprint density at radius 1 is 1.18 bits per heavy atom. The van der Waals surface area contributed by atoms with Crippen molar-refractivity contribution in [1.82, 2.24) is 10.3 Å². The number of carbonyl (C=O) groups is 2.